The molecule has 1 aromatic heterocycles. The van der Waals surface area contributed by atoms with Crippen LogP contribution in [0.3, 0.4) is 0 Å². The molecule has 0 aliphatic rings. The Morgan fingerprint density at radius 2 is 2.20 bits per heavy atom. The van der Waals surface area contributed by atoms with Crippen molar-refractivity contribution in [2.75, 3.05) is 7.11 Å². The maximum Gasteiger partial charge on any atom is 0.374 e. The van der Waals surface area contributed by atoms with E-state index in [2.05, 4.69) is 30.8 Å². The van der Waals surface area contributed by atoms with Crippen LogP contribution in [0.1, 0.15) is 36.9 Å². The first-order valence-electron chi connectivity index (χ1n) is 4.84. The van der Waals surface area contributed by atoms with E-state index in [1.54, 1.807) is 6.07 Å². The Balaban J connectivity index is 2.70. The van der Waals surface area contributed by atoms with Gasteiger partial charge in [0.05, 0.1) is 13.4 Å². The van der Waals surface area contributed by atoms with E-state index < -0.39 is 5.97 Å². The maximum atomic E-state index is 11.3. The van der Waals surface area contributed by atoms with Crippen LogP contribution in [-0.4, -0.2) is 18.6 Å². The van der Waals surface area contributed by atoms with Crippen LogP contribution in [0.2, 0.25) is 0 Å². The molecule has 0 saturated carbocycles. The number of methoxy groups -OCH3 is 1. The molecule has 1 heterocycles. The fourth-order valence-corrected chi connectivity index (χ4v) is 1.11. The van der Waals surface area contributed by atoms with Gasteiger partial charge in [0.1, 0.15) is 0 Å². The Labute approximate surface area is 89.6 Å². The minimum Gasteiger partial charge on any atom is -0.463 e. The van der Waals surface area contributed by atoms with E-state index >= 15 is 0 Å². The minimum absolute atomic E-state index is 0.00462. The number of carbonyl (C=O) groups excluding carboxylic acids is 1. The molecule has 1 N–H and O–H groups in total. The van der Waals surface area contributed by atoms with Gasteiger partial charge < -0.3 is 14.5 Å². The lowest BCUT2D eigenvalue weighted by Gasteiger charge is -2.20. The molecule has 4 nitrogen and oxygen atoms in total. The van der Waals surface area contributed by atoms with Gasteiger partial charge in [-0.05, 0) is 26.8 Å². The largest absolute Gasteiger partial charge is 0.463 e. The van der Waals surface area contributed by atoms with Gasteiger partial charge in [-0.25, -0.2) is 4.79 Å². The molecule has 1 aromatic rings. The Bertz CT molecular complexity index is 336. The first-order valence-corrected chi connectivity index (χ1v) is 4.84. The number of carbonyl (C=O) groups is 1. The molecule has 4 heteroatoms. The minimum atomic E-state index is -0.439. The van der Waals surface area contributed by atoms with Crippen molar-refractivity contribution in [1.29, 1.82) is 0 Å². The first-order chi connectivity index (χ1) is 6.94. The summed E-state index contributed by atoms with van der Waals surface area (Å²) in [7, 11) is 1.34. The van der Waals surface area contributed by atoms with Gasteiger partial charge in [-0.2, -0.15) is 0 Å². The zero-order valence-corrected chi connectivity index (χ0v) is 9.59. The van der Waals surface area contributed by atoms with Crippen LogP contribution in [0, 0.1) is 0 Å². The molecular weight excluding hydrogens is 194 g/mol. The zero-order chi connectivity index (χ0) is 11.5. The summed E-state index contributed by atoms with van der Waals surface area (Å²) in [6.07, 6.45) is 1.49. The average Bonchev–Trinajstić information content (AvgIpc) is 2.60. The SMILES string of the molecule is COC(=O)c1occc1CNC(C)(C)C. The monoisotopic (exact) mass is 211 g/mol. The van der Waals surface area contributed by atoms with Gasteiger partial charge >= 0.3 is 5.97 Å². The molecule has 0 atom stereocenters. The number of hydrogen-bond acceptors (Lipinski definition) is 4. The summed E-state index contributed by atoms with van der Waals surface area (Å²) in [6, 6.07) is 1.77. The lowest BCUT2D eigenvalue weighted by molar-refractivity contribution is 0.0563. The van der Waals surface area contributed by atoms with Gasteiger partial charge in [0, 0.05) is 17.6 Å². The fourth-order valence-electron chi connectivity index (χ4n) is 1.11. The second-order valence-corrected chi connectivity index (χ2v) is 4.37. The van der Waals surface area contributed by atoms with Gasteiger partial charge in [0.25, 0.3) is 0 Å². The Morgan fingerprint density at radius 1 is 1.53 bits per heavy atom. The molecule has 0 aliphatic heterocycles. The molecule has 1 rings (SSSR count). The van der Waals surface area contributed by atoms with Gasteiger partial charge in [-0.3, -0.25) is 0 Å². The van der Waals surface area contributed by atoms with Crippen molar-refractivity contribution < 1.29 is 13.9 Å². The van der Waals surface area contributed by atoms with E-state index in [0.29, 0.717) is 6.54 Å². The predicted octanol–water partition coefficient (Wildman–Crippen LogP) is 1.95. The van der Waals surface area contributed by atoms with Crippen molar-refractivity contribution in [1.82, 2.24) is 5.32 Å². The summed E-state index contributed by atoms with van der Waals surface area (Å²) in [5.74, 6) is -0.167. The lowest BCUT2D eigenvalue weighted by Crippen LogP contribution is -2.35. The predicted molar refractivity (Wildman–Crippen MR) is 56.6 cm³/mol. The molecule has 84 valence electrons. The van der Waals surface area contributed by atoms with Crippen LogP contribution in [0.25, 0.3) is 0 Å². The standard InChI is InChI=1S/C11H17NO3/c1-11(2,3)12-7-8-5-6-15-9(8)10(13)14-4/h5-6,12H,7H2,1-4H3. The average molecular weight is 211 g/mol. The molecule has 0 amide bonds. The van der Waals surface area contributed by atoms with Gasteiger partial charge in [0.15, 0.2) is 0 Å². The smallest absolute Gasteiger partial charge is 0.374 e. The van der Waals surface area contributed by atoms with E-state index in [1.165, 1.54) is 13.4 Å². The first kappa shape index (κ1) is 11.8. The Kier molecular flexibility index (Phi) is 3.52. The van der Waals surface area contributed by atoms with Crippen LogP contribution in [-0.2, 0) is 11.3 Å². The van der Waals surface area contributed by atoms with Crippen LogP contribution in [0.4, 0.5) is 0 Å². The van der Waals surface area contributed by atoms with Crippen molar-refractivity contribution in [3.8, 4) is 0 Å². The van der Waals surface area contributed by atoms with Gasteiger partial charge in [-0.15, -0.1) is 0 Å². The summed E-state index contributed by atoms with van der Waals surface area (Å²) in [5, 5.41) is 3.28. The van der Waals surface area contributed by atoms with E-state index in [0.717, 1.165) is 5.56 Å². The van der Waals surface area contributed by atoms with Crippen molar-refractivity contribution in [2.24, 2.45) is 0 Å². The van der Waals surface area contributed by atoms with Crippen molar-refractivity contribution in [2.45, 2.75) is 32.9 Å². The lowest BCUT2D eigenvalue weighted by atomic mass is 10.1. The number of furan rings is 1. The number of ether oxygens (including phenoxy) is 1. The fraction of sp³-hybridized carbons (Fsp3) is 0.545. The molecule has 0 fully saturated rings. The van der Waals surface area contributed by atoms with E-state index in [-0.39, 0.29) is 11.3 Å². The van der Waals surface area contributed by atoms with Crippen molar-refractivity contribution >= 4 is 5.97 Å². The van der Waals surface area contributed by atoms with E-state index in [4.69, 9.17) is 4.42 Å². The van der Waals surface area contributed by atoms with Crippen LogP contribution in [0.15, 0.2) is 16.7 Å². The molecule has 0 saturated heterocycles. The molecule has 15 heavy (non-hydrogen) atoms. The molecule has 0 aromatic carbocycles. The van der Waals surface area contributed by atoms with Crippen LogP contribution < -0.4 is 5.32 Å². The molecular formula is C11H17NO3. The number of nitrogens with one attached hydrogen (secondary N) is 1. The highest BCUT2D eigenvalue weighted by Crippen LogP contribution is 2.13. The second-order valence-electron chi connectivity index (χ2n) is 4.37. The summed E-state index contributed by atoms with van der Waals surface area (Å²) in [4.78, 5) is 11.3. The molecule has 0 spiro atoms. The highest BCUT2D eigenvalue weighted by Gasteiger charge is 2.17. The summed E-state index contributed by atoms with van der Waals surface area (Å²) in [6.45, 7) is 6.77. The Hall–Kier alpha value is -1.29. The quantitative estimate of drug-likeness (QED) is 0.776. The summed E-state index contributed by atoms with van der Waals surface area (Å²) in [5.41, 5.74) is 0.821. The Morgan fingerprint density at radius 3 is 2.73 bits per heavy atom. The van der Waals surface area contributed by atoms with E-state index in [1.807, 2.05) is 0 Å². The second kappa shape index (κ2) is 4.49. The summed E-state index contributed by atoms with van der Waals surface area (Å²) < 4.78 is 9.67. The molecule has 0 radical (unpaired) electrons. The van der Waals surface area contributed by atoms with Gasteiger partial charge in [-0.1, -0.05) is 0 Å². The molecule has 0 aliphatic carbocycles. The maximum absolute atomic E-state index is 11.3. The third kappa shape index (κ3) is 3.40. The third-order valence-electron chi connectivity index (χ3n) is 1.93. The number of esters is 1. The summed E-state index contributed by atoms with van der Waals surface area (Å²) >= 11 is 0. The third-order valence-corrected chi connectivity index (χ3v) is 1.93. The number of rotatable bonds is 3. The van der Waals surface area contributed by atoms with Crippen LogP contribution in [0.5, 0.6) is 0 Å². The normalized spacial score (nSPS) is 11.5. The highest BCUT2D eigenvalue weighted by atomic mass is 16.5. The molecule has 0 bridgehead atoms. The van der Waals surface area contributed by atoms with Crippen LogP contribution >= 0.6 is 0 Å². The van der Waals surface area contributed by atoms with Crippen molar-refractivity contribution in [3.63, 3.8) is 0 Å². The van der Waals surface area contributed by atoms with Gasteiger partial charge in [0.2, 0.25) is 5.76 Å². The highest BCUT2D eigenvalue weighted by molar-refractivity contribution is 5.87. The van der Waals surface area contributed by atoms with Crippen molar-refractivity contribution in [3.05, 3.63) is 23.7 Å². The number of hydrogen-bond donors (Lipinski definition) is 1. The topological polar surface area (TPSA) is 51.5 Å². The van der Waals surface area contributed by atoms with E-state index in [9.17, 15) is 4.79 Å². The molecule has 0 unspecified atom stereocenters. The zero-order valence-electron chi connectivity index (χ0n) is 9.59.